The number of nitrogens with one attached hydrogen (secondary N) is 1. The van der Waals surface area contributed by atoms with Gasteiger partial charge in [-0.1, -0.05) is 42.5 Å². The number of para-hydroxylation sites is 2. The Morgan fingerprint density at radius 3 is 2.48 bits per heavy atom. The molecular formula is C17H18N4. The molecule has 0 saturated carbocycles. The second-order valence-corrected chi connectivity index (χ2v) is 5.17. The maximum absolute atomic E-state index is 4.63. The predicted molar refractivity (Wildman–Crippen MR) is 87.5 cm³/mol. The molecule has 0 bridgehead atoms. The molecule has 4 nitrogen and oxygen atoms in total. The Labute approximate surface area is 124 Å². The number of aromatic nitrogens is 2. The van der Waals surface area contributed by atoms with Crippen molar-refractivity contribution in [2.45, 2.75) is 20.4 Å². The fourth-order valence-electron chi connectivity index (χ4n) is 2.22. The number of hydrazone groups is 1. The summed E-state index contributed by atoms with van der Waals surface area (Å²) in [5.74, 6) is 0.765. The van der Waals surface area contributed by atoms with Crippen LogP contribution in [0.15, 0.2) is 59.7 Å². The van der Waals surface area contributed by atoms with E-state index in [0.717, 1.165) is 22.7 Å². The first-order valence-electron chi connectivity index (χ1n) is 7.00. The number of imidazole rings is 1. The van der Waals surface area contributed by atoms with E-state index in [1.54, 1.807) is 0 Å². The average molecular weight is 278 g/mol. The smallest absolute Gasteiger partial charge is 0.225 e. The number of hydrogen-bond donors (Lipinski definition) is 1. The van der Waals surface area contributed by atoms with Crippen LogP contribution in [-0.4, -0.2) is 15.7 Å². The number of aromatic amines is 1. The van der Waals surface area contributed by atoms with Gasteiger partial charge in [-0.2, -0.15) is 5.10 Å². The summed E-state index contributed by atoms with van der Waals surface area (Å²) in [6, 6.07) is 18.3. The van der Waals surface area contributed by atoms with Gasteiger partial charge in [-0.15, -0.1) is 0 Å². The van der Waals surface area contributed by atoms with Gasteiger partial charge in [0.25, 0.3) is 0 Å². The lowest BCUT2D eigenvalue weighted by molar-refractivity contribution is 0.821. The second-order valence-electron chi connectivity index (χ2n) is 5.17. The van der Waals surface area contributed by atoms with Crippen LogP contribution in [0.25, 0.3) is 11.0 Å². The summed E-state index contributed by atoms with van der Waals surface area (Å²) in [5, 5.41) is 6.50. The van der Waals surface area contributed by atoms with Crippen LogP contribution in [-0.2, 0) is 6.54 Å². The fraction of sp³-hybridized carbons (Fsp3) is 0.176. The molecule has 0 aliphatic carbocycles. The normalized spacial score (nSPS) is 10.6. The average Bonchev–Trinajstić information content (AvgIpc) is 2.91. The molecule has 0 spiro atoms. The molecule has 2 aromatic carbocycles. The Hall–Kier alpha value is -2.62. The minimum Gasteiger partial charge on any atom is -0.323 e. The van der Waals surface area contributed by atoms with E-state index >= 15 is 0 Å². The highest BCUT2D eigenvalue weighted by Crippen LogP contribution is 2.19. The van der Waals surface area contributed by atoms with E-state index in [4.69, 9.17) is 0 Å². The molecule has 1 aromatic heterocycles. The summed E-state index contributed by atoms with van der Waals surface area (Å²) in [5.41, 5.74) is 4.17. The Bertz CT molecular complexity index is 722. The quantitative estimate of drug-likeness (QED) is 0.580. The molecule has 0 aliphatic rings. The highest BCUT2D eigenvalue weighted by Gasteiger charge is 2.11. The van der Waals surface area contributed by atoms with Crippen molar-refractivity contribution in [1.82, 2.24) is 9.97 Å². The van der Waals surface area contributed by atoms with Crippen molar-refractivity contribution in [2.75, 3.05) is 5.01 Å². The number of benzene rings is 2. The predicted octanol–water partition coefficient (Wildman–Crippen LogP) is 3.97. The van der Waals surface area contributed by atoms with Crippen LogP contribution in [0.4, 0.5) is 5.95 Å². The Kier molecular flexibility index (Phi) is 3.69. The zero-order valence-electron chi connectivity index (χ0n) is 12.2. The van der Waals surface area contributed by atoms with Gasteiger partial charge in [-0.05, 0) is 31.5 Å². The molecule has 0 amide bonds. The summed E-state index contributed by atoms with van der Waals surface area (Å²) in [6.07, 6.45) is 0. The van der Waals surface area contributed by atoms with E-state index in [9.17, 15) is 0 Å². The Morgan fingerprint density at radius 1 is 1.05 bits per heavy atom. The highest BCUT2D eigenvalue weighted by molar-refractivity contribution is 5.81. The lowest BCUT2D eigenvalue weighted by atomic mass is 10.2. The first-order chi connectivity index (χ1) is 10.2. The fourth-order valence-corrected chi connectivity index (χ4v) is 2.22. The minimum absolute atomic E-state index is 0.686. The molecule has 3 rings (SSSR count). The number of fused-ring (bicyclic) bond motifs is 1. The van der Waals surface area contributed by atoms with Crippen molar-refractivity contribution >= 4 is 22.7 Å². The van der Waals surface area contributed by atoms with E-state index < -0.39 is 0 Å². The molecule has 21 heavy (non-hydrogen) atoms. The second kappa shape index (κ2) is 5.79. The van der Waals surface area contributed by atoms with E-state index in [1.807, 2.05) is 61.3 Å². The van der Waals surface area contributed by atoms with Gasteiger partial charge in [0, 0.05) is 5.71 Å². The standard InChI is InChI=1S/C17H18N4/c1-13(2)20-21(12-14-8-4-3-5-9-14)17-18-15-10-6-7-11-16(15)19-17/h3-11H,12H2,1-2H3,(H,18,19). The van der Waals surface area contributed by atoms with E-state index in [0.29, 0.717) is 6.54 Å². The Morgan fingerprint density at radius 2 is 1.76 bits per heavy atom. The molecule has 0 fully saturated rings. The summed E-state index contributed by atoms with van der Waals surface area (Å²) in [7, 11) is 0. The zero-order chi connectivity index (χ0) is 14.7. The topological polar surface area (TPSA) is 44.3 Å². The number of hydrogen-bond acceptors (Lipinski definition) is 3. The van der Waals surface area contributed by atoms with E-state index in [1.165, 1.54) is 5.56 Å². The SMILES string of the molecule is CC(C)=NN(Cc1ccccc1)c1nc2ccccc2[nH]1. The molecule has 4 heteroatoms. The summed E-state index contributed by atoms with van der Waals surface area (Å²) < 4.78 is 0. The molecule has 0 saturated heterocycles. The minimum atomic E-state index is 0.686. The van der Waals surface area contributed by atoms with Gasteiger partial charge in [0.05, 0.1) is 17.6 Å². The van der Waals surface area contributed by atoms with Crippen molar-refractivity contribution in [1.29, 1.82) is 0 Å². The lowest BCUT2D eigenvalue weighted by Gasteiger charge is -2.16. The third-order valence-electron chi connectivity index (χ3n) is 3.12. The lowest BCUT2D eigenvalue weighted by Crippen LogP contribution is -2.18. The van der Waals surface area contributed by atoms with Gasteiger partial charge in [-0.25, -0.2) is 9.99 Å². The van der Waals surface area contributed by atoms with Crippen molar-refractivity contribution < 1.29 is 0 Å². The number of nitrogens with zero attached hydrogens (tertiary/aromatic N) is 3. The van der Waals surface area contributed by atoms with Gasteiger partial charge in [-0.3, -0.25) is 0 Å². The van der Waals surface area contributed by atoms with Gasteiger partial charge >= 0.3 is 0 Å². The number of rotatable bonds is 4. The third-order valence-corrected chi connectivity index (χ3v) is 3.12. The first kappa shape index (κ1) is 13.4. The molecule has 106 valence electrons. The molecule has 1 heterocycles. The number of H-pyrrole nitrogens is 1. The third kappa shape index (κ3) is 3.11. The molecule has 1 N–H and O–H groups in total. The van der Waals surface area contributed by atoms with Crippen molar-refractivity contribution in [3.05, 3.63) is 60.2 Å². The summed E-state index contributed by atoms with van der Waals surface area (Å²) >= 11 is 0. The van der Waals surface area contributed by atoms with Gasteiger partial charge in [0.2, 0.25) is 5.95 Å². The number of anilines is 1. The van der Waals surface area contributed by atoms with Crippen LogP contribution in [0.5, 0.6) is 0 Å². The monoisotopic (exact) mass is 278 g/mol. The molecule has 0 radical (unpaired) electrons. The van der Waals surface area contributed by atoms with Crippen molar-refractivity contribution in [3.8, 4) is 0 Å². The van der Waals surface area contributed by atoms with Crippen LogP contribution < -0.4 is 5.01 Å². The molecule has 0 aliphatic heterocycles. The highest BCUT2D eigenvalue weighted by atomic mass is 15.5. The van der Waals surface area contributed by atoms with E-state index in [-0.39, 0.29) is 0 Å². The Balaban J connectivity index is 1.97. The van der Waals surface area contributed by atoms with Crippen LogP contribution in [0.2, 0.25) is 0 Å². The van der Waals surface area contributed by atoms with Gasteiger partial charge in [0.15, 0.2) is 0 Å². The van der Waals surface area contributed by atoms with Gasteiger partial charge < -0.3 is 4.98 Å². The van der Waals surface area contributed by atoms with Crippen LogP contribution >= 0.6 is 0 Å². The first-order valence-corrected chi connectivity index (χ1v) is 7.00. The zero-order valence-corrected chi connectivity index (χ0v) is 12.2. The van der Waals surface area contributed by atoms with E-state index in [2.05, 4.69) is 27.2 Å². The van der Waals surface area contributed by atoms with Crippen molar-refractivity contribution in [2.24, 2.45) is 5.10 Å². The molecule has 3 aromatic rings. The van der Waals surface area contributed by atoms with Crippen LogP contribution in [0, 0.1) is 0 Å². The summed E-state index contributed by atoms with van der Waals surface area (Å²) in [4.78, 5) is 7.95. The maximum atomic E-state index is 4.63. The molecule has 0 unspecified atom stereocenters. The van der Waals surface area contributed by atoms with Crippen LogP contribution in [0.3, 0.4) is 0 Å². The molecule has 0 atom stereocenters. The van der Waals surface area contributed by atoms with Crippen LogP contribution in [0.1, 0.15) is 19.4 Å². The largest absolute Gasteiger partial charge is 0.323 e. The van der Waals surface area contributed by atoms with Gasteiger partial charge in [0.1, 0.15) is 0 Å². The van der Waals surface area contributed by atoms with Crippen molar-refractivity contribution in [3.63, 3.8) is 0 Å². The summed E-state index contributed by atoms with van der Waals surface area (Å²) in [6.45, 7) is 4.66. The molecular weight excluding hydrogens is 260 g/mol. The maximum Gasteiger partial charge on any atom is 0.225 e.